The van der Waals surface area contributed by atoms with Crippen molar-refractivity contribution in [3.8, 4) is 5.75 Å². The standard InChI is InChI=1S/C22H24N4O3S2/c1-3-4-12-29-18-10-8-16(9-11-18)20(28)24-21-25-26-22(31-21)30-14-19(27)23-17-7-5-6-15(2)13-17/h5-11,13H,3-4,12,14H2,1-2H3,(H,23,27)(H,24,25,28). The Morgan fingerprint density at radius 2 is 1.90 bits per heavy atom. The van der Waals surface area contributed by atoms with Gasteiger partial charge < -0.3 is 10.1 Å². The monoisotopic (exact) mass is 456 g/mol. The summed E-state index contributed by atoms with van der Waals surface area (Å²) >= 11 is 2.50. The van der Waals surface area contributed by atoms with Crippen molar-refractivity contribution in [1.29, 1.82) is 0 Å². The first kappa shape index (κ1) is 22.8. The Morgan fingerprint density at radius 3 is 2.65 bits per heavy atom. The highest BCUT2D eigenvalue weighted by Gasteiger charge is 2.12. The highest BCUT2D eigenvalue weighted by Crippen LogP contribution is 2.26. The molecule has 1 heterocycles. The highest BCUT2D eigenvalue weighted by atomic mass is 32.2. The van der Waals surface area contributed by atoms with Gasteiger partial charge in [-0.1, -0.05) is 48.6 Å². The Morgan fingerprint density at radius 1 is 1.10 bits per heavy atom. The van der Waals surface area contributed by atoms with Crippen LogP contribution < -0.4 is 15.4 Å². The van der Waals surface area contributed by atoms with Crippen LogP contribution in [0.25, 0.3) is 0 Å². The SMILES string of the molecule is CCCCOc1ccc(C(=O)Nc2nnc(SCC(=O)Nc3cccc(C)c3)s2)cc1. The molecule has 2 amide bonds. The molecule has 0 saturated heterocycles. The van der Waals surface area contributed by atoms with Crippen LogP contribution in [-0.4, -0.2) is 34.4 Å². The number of ether oxygens (including phenoxy) is 1. The molecule has 0 aliphatic carbocycles. The summed E-state index contributed by atoms with van der Waals surface area (Å²) < 4.78 is 6.21. The van der Waals surface area contributed by atoms with Gasteiger partial charge in [0.25, 0.3) is 5.91 Å². The number of rotatable bonds is 10. The first-order valence-electron chi connectivity index (χ1n) is 9.90. The Kier molecular flexibility index (Phi) is 8.43. The van der Waals surface area contributed by atoms with Crippen molar-refractivity contribution >= 4 is 45.7 Å². The maximum Gasteiger partial charge on any atom is 0.257 e. The van der Waals surface area contributed by atoms with Crippen molar-refractivity contribution in [2.75, 3.05) is 23.0 Å². The zero-order chi connectivity index (χ0) is 22.1. The number of hydrogen-bond acceptors (Lipinski definition) is 7. The lowest BCUT2D eigenvalue weighted by Gasteiger charge is -2.06. The number of thioether (sulfide) groups is 1. The van der Waals surface area contributed by atoms with Crippen molar-refractivity contribution in [3.63, 3.8) is 0 Å². The predicted molar refractivity (Wildman–Crippen MR) is 125 cm³/mol. The van der Waals surface area contributed by atoms with E-state index in [9.17, 15) is 9.59 Å². The van der Waals surface area contributed by atoms with Gasteiger partial charge in [-0.15, -0.1) is 10.2 Å². The normalized spacial score (nSPS) is 10.5. The minimum Gasteiger partial charge on any atom is -0.494 e. The lowest BCUT2D eigenvalue weighted by molar-refractivity contribution is -0.113. The number of nitrogens with zero attached hydrogens (tertiary/aromatic N) is 2. The first-order chi connectivity index (χ1) is 15.0. The molecule has 0 unspecified atom stereocenters. The van der Waals surface area contributed by atoms with E-state index in [1.807, 2.05) is 31.2 Å². The van der Waals surface area contributed by atoms with Crippen molar-refractivity contribution in [2.24, 2.45) is 0 Å². The summed E-state index contributed by atoms with van der Waals surface area (Å²) in [7, 11) is 0. The van der Waals surface area contributed by atoms with E-state index in [4.69, 9.17) is 4.74 Å². The molecule has 0 aliphatic heterocycles. The van der Waals surface area contributed by atoms with Crippen molar-refractivity contribution in [1.82, 2.24) is 10.2 Å². The second kappa shape index (κ2) is 11.5. The van der Waals surface area contributed by atoms with E-state index in [-0.39, 0.29) is 17.6 Å². The van der Waals surface area contributed by atoms with Crippen molar-refractivity contribution in [3.05, 3.63) is 59.7 Å². The summed E-state index contributed by atoms with van der Waals surface area (Å²) in [5, 5.41) is 14.0. The second-order valence-electron chi connectivity index (χ2n) is 6.76. The molecule has 3 aromatic rings. The number of hydrogen-bond donors (Lipinski definition) is 2. The van der Waals surface area contributed by atoms with E-state index in [0.717, 1.165) is 29.8 Å². The molecule has 7 nitrogen and oxygen atoms in total. The van der Waals surface area contributed by atoms with Gasteiger partial charge in [0, 0.05) is 11.3 Å². The third kappa shape index (κ3) is 7.37. The molecule has 0 atom stereocenters. The Hall–Kier alpha value is -2.91. The summed E-state index contributed by atoms with van der Waals surface area (Å²) in [5.41, 5.74) is 2.34. The van der Waals surface area contributed by atoms with Gasteiger partial charge in [0.1, 0.15) is 5.75 Å². The van der Waals surface area contributed by atoms with E-state index >= 15 is 0 Å². The van der Waals surface area contributed by atoms with E-state index in [1.165, 1.54) is 23.1 Å². The topological polar surface area (TPSA) is 93.2 Å². The van der Waals surface area contributed by atoms with Gasteiger partial charge in [-0.2, -0.15) is 0 Å². The summed E-state index contributed by atoms with van der Waals surface area (Å²) in [5.74, 6) is 0.543. The highest BCUT2D eigenvalue weighted by molar-refractivity contribution is 8.01. The third-order valence-corrected chi connectivity index (χ3v) is 6.11. The number of aromatic nitrogens is 2. The van der Waals surface area contributed by atoms with Gasteiger partial charge in [0.05, 0.1) is 12.4 Å². The smallest absolute Gasteiger partial charge is 0.257 e. The van der Waals surface area contributed by atoms with Crippen LogP contribution in [0.5, 0.6) is 5.75 Å². The summed E-state index contributed by atoms with van der Waals surface area (Å²) in [4.78, 5) is 24.5. The summed E-state index contributed by atoms with van der Waals surface area (Å²) in [6.07, 6.45) is 2.06. The molecule has 0 saturated carbocycles. The third-order valence-electron chi connectivity index (χ3n) is 4.14. The van der Waals surface area contributed by atoms with Crippen LogP contribution in [0.1, 0.15) is 35.7 Å². The van der Waals surface area contributed by atoms with Crippen LogP contribution in [0.4, 0.5) is 10.8 Å². The fourth-order valence-corrected chi connectivity index (χ4v) is 4.12. The number of benzene rings is 2. The molecular weight excluding hydrogens is 432 g/mol. The van der Waals surface area contributed by atoms with Crippen molar-refractivity contribution < 1.29 is 14.3 Å². The summed E-state index contributed by atoms with van der Waals surface area (Å²) in [6, 6.07) is 14.6. The van der Waals surface area contributed by atoms with Crippen LogP contribution in [0.2, 0.25) is 0 Å². The van der Waals surface area contributed by atoms with Crippen LogP contribution in [0.15, 0.2) is 52.9 Å². The van der Waals surface area contributed by atoms with E-state index in [2.05, 4.69) is 27.8 Å². The Bertz CT molecular complexity index is 1020. The molecule has 2 N–H and O–H groups in total. The molecule has 31 heavy (non-hydrogen) atoms. The minimum atomic E-state index is -0.273. The number of anilines is 2. The number of aryl methyl sites for hydroxylation is 1. The van der Waals surface area contributed by atoms with Gasteiger partial charge in [-0.25, -0.2) is 0 Å². The number of nitrogens with one attached hydrogen (secondary N) is 2. The molecule has 0 bridgehead atoms. The molecule has 1 aromatic heterocycles. The molecule has 0 aliphatic rings. The van der Waals surface area contributed by atoms with Crippen LogP contribution in [0.3, 0.4) is 0 Å². The first-order valence-corrected chi connectivity index (χ1v) is 11.7. The maximum absolute atomic E-state index is 12.4. The number of amides is 2. The van der Waals surface area contributed by atoms with Gasteiger partial charge >= 0.3 is 0 Å². The molecule has 9 heteroatoms. The zero-order valence-corrected chi connectivity index (χ0v) is 19.0. The quantitative estimate of drug-likeness (QED) is 0.253. The van der Waals surface area contributed by atoms with Gasteiger partial charge in [0.15, 0.2) is 4.34 Å². The number of carbonyl (C=O) groups is 2. The van der Waals surface area contributed by atoms with E-state index < -0.39 is 0 Å². The molecular formula is C22H24N4O3S2. The van der Waals surface area contributed by atoms with E-state index in [0.29, 0.717) is 21.6 Å². The molecule has 0 spiro atoms. The molecule has 0 fully saturated rings. The molecule has 3 rings (SSSR count). The number of carbonyl (C=O) groups excluding carboxylic acids is 2. The van der Waals surface area contributed by atoms with Crippen LogP contribution >= 0.6 is 23.1 Å². The lowest BCUT2D eigenvalue weighted by atomic mass is 10.2. The van der Waals surface area contributed by atoms with Crippen LogP contribution in [-0.2, 0) is 4.79 Å². The minimum absolute atomic E-state index is 0.127. The average Bonchev–Trinajstić information content (AvgIpc) is 3.20. The zero-order valence-electron chi connectivity index (χ0n) is 17.4. The second-order valence-corrected chi connectivity index (χ2v) is 8.96. The Balaban J connectivity index is 1.46. The van der Waals surface area contributed by atoms with Crippen LogP contribution in [0, 0.1) is 6.92 Å². The average molecular weight is 457 g/mol. The van der Waals surface area contributed by atoms with E-state index in [1.54, 1.807) is 24.3 Å². The number of unbranched alkanes of at least 4 members (excludes halogenated alkanes) is 1. The predicted octanol–water partition coefficient (Wildman–Crippen LogP) is 5.01. The fraction of sp³-hybridized carbons (Fsp3) is 0.273. The molecule has 0 radical (unpaired) electrons. The van der Waals surface area contributed by atoms with Crippen molar-refractivity contribution in [2.45, 2.75) is 31.0 Å². The van der Waals surface area contributed by atoms with Gasteiger partial charge in [-0.3, -0.25) is 14.9 Å². The van der Waals surface area contributed by atoms with Gasteiger partial charge in [-0.05, 0) is 55.3 Å². The molecule has 162 valence electrons. The Labute approximate surface area is 189 Å². The van der Waals surface area contributed by atoms with Gasteiger partial charge in [0.2, 0.25) is 11.0 Å². The summed E-state index contributed by atoms with van der Waals surface area (Å²) in [6.45, 7) is 4.74. The lowest BCUT2D eigenvalue weighted by Crippen LogP contribution is -2.13. The molecule has 2 aromatic carbocycles. The maximum atomic E-state index is 12.4. The fourth-order valence-electron chi connectivity index (χ4n) is 2.57. The largest absolute Gasteiger partial charge is 0.494 e.